The summed E-state index contributed by atoms with van der Waals surface area (Å²) < 4.78 is 0. The Labute approximate surface area is 138 Å². The number of carbonyl (C=O) groups excluding carboxylic acids is 3. The van der Waals surface area contributed by atoms with Gasteiger partial charge in [0, 0.05) is 16.5 Å². The molecule has 1 spiro atoms. The summed E-state index contributed by atoms with van der Waals surface area (Å²) in [6, 6.07) is 0.882. The van der Waals surface area contributed by atoms with E-state index in [2.05, 4.69) is 10.6 Å². The second-order valence-electron chi connectivity index (χ2n) is 6.58. The monoisotopic (exact) mass is 333 g/mol. The number of hydrogen-bond donors (Lipinski definition) is 2. The first-order valence-corrected chi connectivity index (χ1v) is 8.94. The second-order valence-corrected chi connectivity index (χ2v) is 7.58. The van der Waals surface area contributed by atoms with Crippen molar-refractivity contribution in [2.75, 3.05) is 0 Å². The molecule has 6 nitrogen and oxygen atoms in total. The number of thiophene rings is 1. The Kier molecular flexibility index (Phi) is 3.23. The molecule has 0 aromatic carbocycles. The first kappa shape index (κ1) is 14.7. The third-order valence-electron chi connectivity index (χ3n) is 4.97. The first-order valence-electron chi connectivity index (χ1n) is 8.06. The van der Waals surface area contributed by atoms with Gasteiger partial charge in [0.05, 0.1) is 0 Å². The summed E-state index contributed by atoms with van der Waals surface area (Å²) in [5, 5.41) is 7.71. The summed E-state index contributed by atoms with van der Waals surface area (Å²) >= 11 is 1.62. The number of hydrogen-bond acceptors (Lipinski definition) is 4. The topological polar surface area (TPSA) is 78.5 Å². The lowest BCUT2D eigenvalue weighted by atomic mass is 9.80. The van der Waals surface area contributed by atoms with Gasteiger partial charge in [-0.25, -0.2) is 9.69 Å². The number of aryl methyl sites for hydroxylation is 1. The summed E-state index contributed by atoms with van der Waals surface area (Å²) in [6.07, 6.45) is 4.34. The Morgan fingerprint density at radius 1 is 1.48 bits per heavy atom. The second kappa shape index (κ2) is 5.06. The zero-order valence-corrected chi connectivity index (χ0v) is 13.7. The van der Waals surface area contributed by atoms with Gasteiger partial charge in [-0.1, -0.05) is 0 Å². The van der Waals surface area contributed by atoms with Crippen LogP contribution < -0.4 is 10.6 Å². The molecule has 122 valence electrons. The molecule has 0 unspecified atom stereocenters. The zero-order valence-electron chi connectivity index (χ0n) is 12.9. The predicted molar refractivity (Wildman–Crippen MR) is 84.9 cm³/mol. The van der Waals surface area contributed by atoms with Crippen LogP contribution in [0.25, 0.3) is 0 Å². The molecule has 1 aromatic rings. The van der Waals surface area contributed by atoms with Crippen LogP contribution in [0.5, 0.6) is 0 Å². The van der Waals surface area contributed by atoms with Crippen molar-refractivity contribution >= 4 is 29.2 Å². The van der Waals surface area contributed by atoms with E-state index in [1.807, 2.05) is 11.4 Å². The number of nitrogens with zero attached hydrogens (tertiary/aromatic N) is 1. The van der Waals surface area contributed by atoms with E-state index in [9.17, 15) is 14.4 Å². The van der Waals surface area contributed by atoms with Crippen molar-refractivity contribution in [3.63, 3.8) is 0 Å². The number of imide groups is 1. The molecule has 1 aromatic heterocycles. The van der Waals surface area contributed by atoms with E-state index in [-0.39, 0.29) is 17.9 Å². The molecule has 3 aliphatic rings. The average molecular weight is 333 g/mol. The lowest BCUT2D eigenvalue weighted by molar-refractivity contribution is -0.138. The van der Waals surface area contributed by atoms with Crippen molar-refractivity contribution in [1.29, 1.82) is 0 Å². The van der Waals surface area contributed by atoms with Crippen LogP contribution in [-0.4, -0.2) is 34.8 Å². The number of carbonyl (C=O) groups is 3. The SMILES string of the molecule is C[C@@H](C(=O)NC1CC1)N1C(=O)N[C@@]2(CCCc3sccc32)C1=O. The number of amides is 4. The smallest absolute Gasteiger partial charge is 0.326 e. The van der Waals surface area contributed by atoms with Crippen molar-refractivity contribution in [1.82, 2.24) is 15.5 Å². The maximum atomic E-state index is 13.1. The molecule has 2 N–H and O–H groups in total. The Balaban J connectivity index is 1.63. The maximum Gasteiger partial charge on any atom is 0.326 e. The van der Waals surface area contributed by atoms with Gasteiger partial charge in [-0.3, -0.25) is 9.59 Å². The highest BCUT2D eigenvalue weighted by Crippen LogP contribution is 2.42. The van der Waals surface area contributed by atoms with E-state index >= 15 is 0 Å². The fourth-order valence-corrected chi connectivity index (χ4v) is 4.53. The van der Waals surface area contributed by atoms with Gasteiger partial charge in [0.1, 0.15) is 11.6 Å². The van der Waals surface area contributed by atoms with Crippen molar-refractivity contribution in [3.8, 4) is 0 Å². The first-order chi connectivity index (χ1) is 11.0. The molecular weight excluding hydrogens is 314 g/mol. The molecule has 1 aliphatic heterocycles. The minimum atomic E-state index is -0.973. The molecule has 7 heteroatoms. The lowest BCUT2D eigenvalue weighted by Crippen LogP contribution is -2.50. The predicted octanol–water partition coefficient (Wildman–Crippen LogP) is 1.50. The van der Waals surface area contributed by atoms with Gasteiger partial charge in [-0.05, 0) is 50.5 Å². The summed E-state index contributed by atoms with van der Waals surface area (Å²) in [6.45, 7) is 1.62. The number of nitrogens with one attached hydrogen (secondary N) is 2. The number of rotatable bonds is 3. The van der Waals surface area contributed by atoms with Gasteiger partial charge in [-0.15, -0.1) is 11.3 Å². The molecule has 1 saturated carbocycles. The Bertz CT molecular complexity index is 696. The average Bonchev–Trinajstić information content (AvgIpc) is 3.12. The normalized spacial score (nSPS) is 27.8. The van der Waals surface area contributed by atoms with Crippen LogP contribution in [0.1, 0.15) is 43.0 Å². The minimum absolute atomic E-state index is 0.206. The Hall–Kier alpha value is -1.89. The van der Waals surface area contributed by atoms with Crippen molar-refractivity contribution < 1.29 is 14.4 Å². The lowest BCUT2D eigenvalue weighted by Gasteiger charge is -2.31. The molecule has 1 saturated heterocycles. The highest BCUT2D eigenvalue weighted by Gasteiger charge is 2.56. The third kappa shape index (κ3) is 2.17. The molecule has 23 heavy (non-hydrogen) atoms. The van der Waals surface area contributed by atoms with Crippen LogP contribution in [0, 0.1) is 0 Å². The van der Waals surface area contributed by atoms with E-state index in [1.54, 1.807) is 18.3 Å². The number of urea groups is 1. The molecule has 2 atom stereocenters. The molecule has 4 rings (SSSR count). The fourth-order valence-electron chi connectivity index (χ4n) is 3.53. The van der Waals surface area contributed by atoms with E-state index in [1.165, 1.54) is 0 Å². The van der Waals surface area contributed by atoms with E-state index in [0.29, 0.717) is 6.42 Å². The summed E-state index contributed by atoms with van der Waals surface area (Å²) in [7, 11) is 0. The van der Waals surface area contributed by atoms with Crippen LogP contribution in [-0.2, 0) is 21.5 Å². The van der Waals surface area contributed by atoms with Gasteiger partial charge in [0.15, 0.2) is 0 Å². The van der Waals surface area contributed by atoms with Crippen LogP contribution in [0.4, 0.5) is 4.79 Å². The van der Waals surface area contributed by atoms with E-state index in [0.717, 1.165) is 41.0 Å². The minimum Gasteiger partial charge on any atom is -0.352 e. The zero-order chi connectivity index (χ0) is 16.2. The van der Waals surface area contributed by atoms with Gasteiger partial charge in [0.2, 0.25) is 5.91 Å². The van der Waals surface area contributed by atoms with Gasteiger partial charge >= 0.3 is 6.03 Å². The van der Waals surface area contributed by atoms with Crippen LogP contribution >= 0.6 is 11.3 Å². The maximum absolute atomic E-state index is 13.1. The van der Waals surface area contributed by atoms with Crippen molar-refractivity contribution in [2.45, 2.75) is 56.7 Å². The van der Waals surface area contributed by atoms with Crippen LogP contribution in [0.2, 0.25) is 0 Å². The Morgan fingerprint density at radius 3 is 3.00 bits per heavy atom. The number of fused-ring (bicyclic) bond motifs is 2. The van der Waals surface area contributed by atoms with Crippen molar-refractivity contribution in [2.24, 2.45) is 0 Å². The molecular formula is C16H19N3O3S. The van der Waals surface area contributed by atoms with Gasteiger partial charge in [-0.2, -0.15) is 0 Å². The van der Waals surface area contributed by atoms with Crippen LogP contribution in [0.3, 0.4) is 0 Å². The summed E-state index contributed by atoms with van der Waals surface area (Å²) in [4.78, 5) is 40.0. The molecule has 0 radical (unpaired) electrons. The Morgan fingerprint density at radius 2 is 2.26 bits per heavy atom. The largest absolute Gasteiger partial charge is 0.352 e. The summed E-state index contributed by atoms with van der Waals surface area (Å²) in [5.41, 5.74) is -0.0666. The molecule has 4 amide bonds. The quantitative estimate of drug-likeness (QED) is 0.823. The fraction of sp³-hybridized carbons (Fsp3) is 0.562. The van der Waals surface area contributed by atoms with Gasteiger partial charge < -0.3 is 10.6 Å². The highest BCUT2D eigenvalue weighted by atomic mass is 32.1. The highest BCUT2D eigenvalue weighted by molar-refractivity contribution is 7.10. The van der Waals surface area contributed by atoms with E-state index in [4.69, 9.17) is 0 Å². The summed E-state index contributed by atoms with van der Waals surface area (Å²) in [5.74, 6) is -0.547. The molecule has 2 aliphatic carbocycles. The molecule has 2 fully saturated rings. The molecule has 2 heterocycles. The van der Waals surface area contributed by atoms with E-state index < -0.39 is 17.6 Å². The van der Waals surface area contributed by atoms with Gasteiger partial charge in [0.25, 0.3) is 5.91 Å². The van der Waals surface area contributed by atoms with Crippen LogP contribution in [0.15, 0.2) is 11.4 Å². The standard InChI is InChI=1S/C16H19N3O3S/c1-9(13(20)17-10-4-5-10)19-14(21)16(18-15(19)22)7-2-3-12-11(16)6-8-23-12/h6,8-10H,2-5,7H2,1H3,(H,17,20)(H,18,22)/t9-,16+/m0/s1. The molecule has 0 bridgehead atoms. The third-order valence-corrected chi connectivity index (χ3v) is 5.96. The van der Waals surface area contributed by atoms with Crippen molar-refractivity contribution in [3.05, 3.63) is 21.9 Å².